The van der Waals surface area contributed by atoms with Gasteiger partial charge >= 0.3 is 17.4 Å². The van der Waals surface area contributed by atoms with Crippen molar-refractivity contribution < 1.29 is 34.9 Å². The van der Waals surface area contributed by atoms with E-state index in [1.165, 1.54) is 42.5 Å². The monoisotopic (exact) mass is 672 g/mol. The molecular formula is C21H11Br2Cl2F7OS. The van der Waals surface area contributed by atoms with Crippen molar-refractivity contribution in [2.24, 2.45) is 0 Å². The first-order valence-corrected chi connectivity index (χ1v) is 12.6. The van der Waals surface area contributed by atoms with E-state index in [1.54, 1.807) is 0 Å². The average Bonchev–Trinajstić information content (AvgIpc) is 2.73. The fraction of sp³-hybridized carbons (Fsp3) is 0.238. The van der Waals surface area contributed by atoms with E-state index < -0.39 is 32.9 Å². The molecule has 1 nitrogen and oxygen atoms in total. The molecule has 2 aromatic carbocycles. The van der Waals surface area contributed by atoms with Gasteiger partial charge in [-0.2, -0.15) is 30.7 Å². The molecule has 0 heterocycles. The molecule has 0 radical (unpaired) electrons. The smallest absolute Gasteiger partial charge is 0.252 e. The predicted octanol–water partition coefficient (Wildman–Crippen LogP) is 9.22. The molecule has 1 aliphatic carbocycles. The fourth-order valence-electron chi connectivity index (χ4n) is 3.50. The van der Waals surface area contributed by atoms with Crippen LogP contribution in [0.3, 0.4) is 0 Å². The molecule has 2 unspecified atom stereocenters. The van der Waals surface area contributed by atoms with Crippen LogP contribution in [0.2, 0.25) is 10.0 Å². The van der Waals surface area contributed by atoms with Crippen molar-refractivity contribution in [1.82, 2.24) is 0 Å². The van der Waals surface area contributed by atoms with Crippen molar-refractivity contribution in [2.75, 3.05) is 0 Å². The molecule has 2 atom stereocenters. The van der Waals surface area contributed by atoms with Crippen molar-refractivity contribution in [3.8, 4) is 0 Å². The molecule has 0 bridgehead atoms. The standard InChI is InChI=1S/C21H11Br2Cl2F7OS/c22-11-9-14(23)17(12-5-1-3-7-15(12)24)18(10-11,13-6-2-4-8-16(13)25)34(33)21(31,32)19(26,27)20(28,29)30/h1-8,10H,9H2. The van der Waals surface area contributed by atoms with Gasteiger partial charge in [0.25, 0.3) is 0 Å². The average molecular weight is 675 g/mol. The minimum absolute atomic E-state index is 0.00770. The lowest BCUT2D eigenvalue weighted by Gasteiger charge is -2.41. The van der Waals surface area contributed by atoms with E-state index in [2.05, 4.69) is 31.9 Å². The van der Waals surface area contributed by atoms with E-state index >= 15 is 8.78 Å². The summed E-state index contributed by atoms with van der Waals surface area (Å²) >= 11 is 18.8. The largest absolute Gasteiger partial charge is 0.461 e. The predicted molar refractivity (Wildman–Crippen MR) is 126 cm³/mol. The van der Waals surface area contributed by atoms with Gasteiger partial charge in [0.05, 0.1) is 0 Å². The molecule has 0 aliphatic heterocycles. The summed E-state index contributed by atoms with van der Waals surface area (Å²) in [6, 6.07) is 10.7. The Labute approximate surface area is 218 Å². The van der Waals surface area contributed by atoms with Crippen LogP contribution >= 0.6 is 55.1 Å². The first-order valence-electron chi connectivity index (χ1n) is 9.09. The number of benzene rings is 2. The van der Waals surface area contributed by atoms with E-state index in [0.29, 0.717) is 0 Å². The van der Waals surface area contributed by atoms with Crippen LogP contribution in [0.25, 0.3) is 5.57 Å². The number of hydrogen-bond acceptors (Lipinski definition) is 1. The maximum Gasteiger partial charge on any atom is 0.461 e. The molecular weight excluding hydrogens is 664 g/mol. The zero-order valence-corrected chi connectivity index (χ0v) is 21.9. The van der Waals surface area contributed by atoms with E-state index in [9.17, 15) is 26.2 Å². The van der Waals surface area contributed by atoms with Crippen molar-refractivity contribution in [3.63, 3.8) is 0 Å². The van der Waals surface area contributed by atoms with Gasteiger partial charge < -0.3 is 0 Å². The molecule has 0 N–H and O–H groups in total. The van der Waals surface area contributed by atoms with Crippen molar-refractivity contribution in [3.05, 3.63) is 84.7 Å². The second-order valence-electron chi connectivity index (χ2n) is 7.10. The first-order chi connectivity index (χ1) is 15.6. The Hall–Kier alpha value is -0.880. The summed E-state index contributed by atoms with van der Waals surface area (Å²) in [4.78, 5) is 0. The Morgan fingerprint density at radius 3 is 1.91 bits per heavy atom. The molecule has 0 spiro atoms. The second kappa shape index (κ2) is 9.53. The summed E-state index contributed by atoms with van der Waals surface area (Å²) in [5.74, 6) is -6.63. The molecule has 13 heteroatoms. The van der Waals surface area contributed by atoms with Gasteiger partial charge in [0.2, 0.25) is 0 Å². The molecule has 0 fully saturated rings. The Bertz CT molecular complexity index is 1210. The summed E-state index contributed by atoms with van der Waals surface area (Å²) in [5.41, 5.74) is -0.673. The van der Waals surface area contributed by atoms with E-state index in [1.807, 2.05) is 0 Å². The number of halogens is 11. The van der Waals surface area contributed by atoms with Crippen LogP contribution in [0.15, 0.2) is 63.6 Å². The molecule has 0 saturated carbocycles. The third kappa shape index (κ3) is 4.40. The van der Waals surface area contributed by atoms with Crippen LogP contribution in [-0.4, -0.2) is 21.6 Å². The normalized spacial score (nSPS) is 20.9. The van der Waals surface area contributed by atoms with Crippen LogP contribution < -0.4 is 0 Å². The van der Waals surface area contributed by atoms with Crippen LogP contribution in [0, 0.1) is 0 Å². The van der Waals surface area contributed by atoms with E-state index in [4.69, 9.17) is 23.2 Å². The van der Waals surface area contributed by atoms with Crippen LogP contribution in [0.5, 0.6) is 0 Å². The highest BCUT2D eigenvalue weighted by molar-refractivity contribution is 9.12. The Kier molecular flexibility index (Phi) is 7.77. The fourth-order valence-corrected chi connectivity index (χ4v) is 7.98. The highest BCUT2D eigenvalue weighted by Gasteiger charge is 2.78. The molecule has 2 aromatic rings. The van der Waals surface area contributed by atoms with E-state index in [0.717, 1.165) is 12.1 Å². The van der Waals surface area contributed by atoms with Crippen LogP contribution in [0.4, 0.5) is 30.7 Å². The summed E-state index contributed by atoms with van der Waals surface area (Å²) in [6.07, 6.45) is -5.78. The minimum Gasteiger partial charge on any atom is -0.252 e. The van der Waals surface area contributed by atoms with Crippen LogP contribution in [0.1, 0.15) is 17.5 Å². The van der Waals surface area contributed by atoms with Gasteiger partial charge in [-0.05, 0) is 39.4 Å². The quantitative estimate of drug-likeness (QED) is 0.289. The van der Waals surface area contributed by atoms with Gasteiger partial charge in [0, 0.05) is 20.9 Å². The lowest BCUT2D eigenvalue weighted by atomic mass is 9.82. The van der Waals surface area contributed by atoms with Crippen molar-refractivity contribution in [2.45, 2.75) is 28.5 Å². The third-order valence-corrected chi connectivity index (χ3v) is 8.68. The van der Waals surface area contributed by atoms with Crippen molar-refractivity contribution in [1.29, 1.82) is 0 Å². The molecule has 0 saturated heterocycles. The van der Waals surface area contributed by atoms with Gasteiger partial charge in [0.1, 0.15) is 15.5 Å². The Balaban J connectivity index is 2.49. The first kappa shape index (κ1) is 27.7. The second-order valence-corrected chi connectivity index (χ2v) is 11.6. The molecule has 3 rings (SSSR count). The summed E-state index contributed by atoms with van der Waals surface area (Å²) in [5, 5.41) is -6.41. The Morgan fingerprint density at radius 1 is 0.853 bits per heavy atom. The third-order valence-electron chi connectivity index (χ3n) is 4.99. The van der Waals surface area contributed by atoms with Crippen molar-refractivity contribution >= 4 is 71.4 Å². The highest BCUT2D eigenvalue weighted by Crippen LogP contribution is 2.59. The van der Waals surface area contributed by atoms with Gasteiger partial charge in [0.15, 0.2) is 0 Å². The minimum atomic E-state index is -6.69. The molecule has 34 heavy (non-hydrogen) atoms. The lowest BCUT2D eigenvalue weighted by Crippen LogP contribution is -2.58. The Morgan fingerprint density at radius 2 is 1.38 bits per heavy atom. The van der Waals surface area contributed by atoms with E-state index in [-0.39, 0.29) is 42.1 Å². The number of rotatable bonds is 5. The molecule has 0 amide bonds. The zero-order valence-electron chi connectivity index (χ0n) is 16.4. The molecule has 1 aliphatic rings. The van der Waals surface area contributed by atoms with Gasteiger partial charge in [-0.25, -0.2) is 0 Å². The van der Waals surface area contributed by atoms with Crippen LogP contribution in [-0.2, 0) is 15.5 Å². The number of allylic oxidation sites excluding steroid dienone is 2. The maximum atomic E-state index is 15.1. The SMILES string of the molecule is O=S(C1(c2ccccc2Cl)C=C(Br)CC(Br)=C1c1ccccc1Cl)C(F)(F)C(F)(F)C(F)(F)F. The molecule has 184 valence electrons. The topological polar surface area (TPSA) is 17.1 Å². The van der Waals surface area contributed by atoms with Gasteiger partial charge in [-0.1, -0.05) is 91.5 Å². The summed E-state index contributed by atoms with van der Waals surface area (Å²) < 4.78 is 108. The number of alkyl halides is 7. The van der Waals surface area contributed by atoms with Gasteiger partial charge in [-0.15, -0.1) is 0 Å². The zero-order chi connectivity index (χ0) is 25.7. The highest BCUT2D eigenvalue weighted by atomic mass is 79.9. The number of hydrogen-bond donors (Lipinski definition) is 0. The maximum absolute atomic E-state index is 15.1. The molecule has 0 aromatic heterocycles. The van der Waals surface area contributed by atoms with Gasteiger partial charge in [-0.3, -0.25) is 4.21 Å². The summed E-state index contributed by atoms with van der Waals surface area (Å²) in [7, 11) is -4.27. The summed E-state index contributed by atoms with van der Waals surface area (Å²) in [6.45, 7) is 0. The lowest BCUT2D eigenvalue weighted by molar-refractivity contribution is -0.331.